The van der Waals surface area contributed by atoms with E-state index < -0.39 is 12.1 Å². The number of likely N-dealkylation sites (N-methyl/N-ethyl adjacent to an activating group) is 1. The Morgan fingerprint density at radius 2 is 2.00 bits per heavy atom. The molecule has 0 radical (unpaired) electrons. The quantitative estimate of drug-likeness (QED) is 0.729. The van der Waals surface area contributed by atoms with Crippen molar-refractivity contribution in [3.63, 3.8) is 0 Å². The lowest BCUT2D eigenvalue weighted by Crippen LogP contribution is -2.48. The molecule has 0 aliphatic heterocycles. The zero-order valence-corrected chi connectivity index (χ0v) is 14.4. The van der Waals surface area contributed by atoms with Crippen LogP contribution in [0.5, 0.6) is 0 Å². The third kappa shape index (κ3) is 4.75. The lowest BCUT2D eigenvalue weighted by Gasteiger charge is -2.18. The summed E-state index contributed by atoms with van der Waals surface area (Å²) < 4.78 is 5.13. The Labute approximate surface area is 142 Å². The van der Waals surface area contributed by atoms with Crippen LogP contribution in [0.2, 0.25) is 0 Å². The number of nitrogens with one attached hydrogen (secondary N) is 3. The number of benzene rings is 1. The molecule has 24 heavy (non-hydrogen) atoms. The highest BCUT2D eigenvalue weighted by Crippen LogP contribution is 2.19. The second-order valence-corrected chi connectivity index (χ2v) is 6.15. The minimum Gasteiger partial charge on any atom is -0.449 e. The number of carbonyl (C=O) groups excluding carboxylic acids is 2. The topological polar surface area (TPSA) is 83.2 Å². The Bertz CT molecular complexity index is 694. The zero-order chi connectivity index (χ0) is 17.5. The summed E-state index contributed by atoms with van der Waals surface area (Å²) in [7, 11) is 0. The highest BCUT2D eigenvalue weighted by Gasteiger charge is 2.22. The predicted molar refractivity (Wildman–Crippen MR) is 93.8 cm³/mol. The lowest BCUT2D eigenvalue weighted by molar-refractivity contribution is -0.122. The van der Waals surface area contributed by atoms with Gasteiger partial charge in [0, 0.05) is 30.1 Å². The van der Waals surface area contributed by atoms with Gasteiger partial charge in [0.15, 0.2) is 0 Å². The van der Waals surface area contributed by atoms with Crippen molar-refractivity contribution in [3.8, 4) is 0 Å². The van der Waals surface area contributed by atoms with Gasteiger partial charge in [0.05, 0.1) is 6.61 Å². The number of ether oxygens (including phenoxy) is 1. The summed E-state index contributed by atoms with van der Waals surface area (Å²) >= 11 is 0. The van der Waals surface area contributed by atoms with Crippen molar-refractivity contribution >= 4 is 22.9 Å². The fourth-order valence-corrected chi connectivity index (χ4v) is 2.45. The molecule has 2 rings (SSSR count). The molecular weight excluding hydrogens is 306 g/mol. The van der Waals surface area contributed by atoms with Crippen LogP contribution in [0.1, 0.15) is 26.3 Å². The third-order valence-corrected chi connectivity index (χ3v) is 3.61. The molecule has 0 bridgehead atoms. The van der Waals surface area contributed by atoms with Crippen molar-refractivity contribution in [2.45, 2.75) is 33.2 Å². The number of amides is 2. The molecule has 2 aromatic rings. The van der Waals surface area contributed by atoms with Gasteiger partial charge in [0.1, 0.15) is 6.04 Å². The number of fused-ring (bicyclic) bond motifs is 1. The van der Waals surface area contributed by atoms with E-state index in [0.29, 0.717) is 19.6 Å². The Kier molecular flexibility index (Phi) is 6.23. The van der Waals surface area contributed by atoms with Gasteiger partial charge in [-0.1, -0.05) is 32.0 Å². The minimum absolute atomic E-state index is 0.218. The van der Waals surface area contributed by atoms with Gasteiger partial charge >= 0.3 is 6.09 Å². The Morgan fingerprint density at radius 3 is 2.71 bits per heavy atom. The molecule has 1 aromatic heterocycles. The number of para-hydroxylation sites is 1. The van der Waals surface area contributed by atoms with Gasteiger partial charge in [-0.25, -0.2) is 4.79 Å². The summed E-state index contributed by atoms with van der Waals surface area (Å²) in [5, 5.41) is 6.48. The van der Waals surface area contributed by atoms with Crippen LogP contribution in [0.4, 0.5) is 4.79 Å². The molecule has 0 unspecified atom stereocenters. The highest BCUT2D eigenvalue weighted by molar-refractivity contribution is 5.88. The van der Waals surface area contributed by atoms with Gasteiger partial charge in [0.2, 0.25) is 5.91 Å². The van der Waals surface area contributed by atoms with Crippen molar-refractivity contribution < 1.29 is 14.3 Å². The van der Waals surface area contributed by atoms with Crippen LogP contribution in [-0.4, -0.2) is 36.2 Å². The summed E-state index contributed by atoms with van der Waals surface area (Å²) in [6, 6.07) is 7.19. The lowest BCUT2D eigenvalue weighted by atomic mass is 10.0. The molecule has 0 saturated carbocycles. The number of hydrogen-bond donors (Lipinski definition) is 3. The van der Waals surface area contributed by atoms with Crippen molar-refractivity contribution in [1.29, 1.82) is 0 Å². The molecule has 1 heterocycles. The fourth-order valence-electron chi connectivity index (χ4n) is 2.45. The van der Waals surface area contributed by atoms with Crippen molar-refractivity contribution in [3.05, 3.63) is 36.0 Å². The maximum absolute atomic E-state index is 12.3. The minimum atomic E-state index is -0.677. The van der Waals surface area contributed by atoms with Crippen molar-refractivity contribution in [1.82, 2.24) is 15.6 Å². The first-order valence-electron chi connectivity index (χ1n) is 8.27. The molecule has 3 N–H and O–H groups in total. The van der Waals surface area contributed by atoms with Crippen LogP contribution >= 0.6 is 0 Å². The normalized spacial score (nSPS) is 12.2. The van der Waals surface area contributed by atoms with Gasteiger partial charge in [-0.3, -0.25) is 4.79 Å². The fraction of sp³-hybridized carbons (Fsp3) is 0.444. The van der Waals surface area contributed by atoms with Crippen LogP contribution in [0, 0.1) is 5.92 Å². The van der Waals surface area contributed by atoms with E-state index in [2.05, 4.69) is 15.6 Å². The molecule has 0 saturated heterocycles. The zero-order valence-electron chi connectivity index (χ0n) is 14.4. The molecule has 1 aromatic carbocycles. The molecule has 2 amide bonds. The SMILES string of the molecule is CCNC(=O)[C@H](Cc1c[nH]c2ccccc12)NC(=O)OCC(C)C. The summed E-state index contributed by atoms with van der Waals surface area (Å²) in [5.41, 5.74) is 1.98. The maximum atomic E-state index is 12.3. The van der Waals surface area contributed by atoms with E-state index in [4.69, 9.17) is 4.74 Å². The first-order valence-corrected chi connectivity index (χ1v) is 8.27. The highest BCUT2D eigenvalue weighted by atomic mass is 16.5. The standard InChI is InChI=1S/C18H25N3O3/c1-4-19-17(22)16(21-18(23)24-11-12(2)3)9-13-10-20-15-8-6-5-7-14(13)15/h5-8,10,12,16,20H,4,9,11H2,1-3H3,(H,19,22)(H,21,23)/t16-/m0/s1. The Hall–Kier alpha value is -2.50. The summed E-state index contributed by atoms with van der Waals surface area (Å²) in [6.07, 6.45) is 1.70. The smallest absolute Gasteiger partial charge is 0.407 e. The molecule has 0 aliphatic rings. The molecule has 130 valence electrons. The first kappa shape index (κ1) is 17.8. The predicted octanol–water partition coefficient (Wildman–Crippen LogP) is 2.60. The number of hydrogen-bond acceptors (Lipinski definition) is 3. The summed E-state index contributed by atoms with van der Waals surface area (Å²) in [4.78, 5) is 27.4. The van der Waals surface area contributed by atoms with Crippen LogP contribution in [0.15, 0.2) is 30.5 Å². The molecule has 0 aliphatic carbocycles. The van der Waals surface area contributed by atoms with E-state index in [-0.39, 0.29) is 11.8 Å². The molecule has 0 spiro atoms. The van der Waals surface area contributed by atoms with E-state index in [1.807, 2.05) is 51.2 Å². The average Bonchev–Trinajstić information content (AvgIpc) is 2.96. The van der Waals surface area contributed by atoms with Gasteiger partial charge in [0.25, 0.3) is 0 Å². The summed E-state index contributed by atoms with van der Waals surface area (Å²) in [6.45, 7) is 6.59. The Balaban J connectivity index is 2.11. The molecular formula is C18H25N3O3. The van der Waals surface area contributed by atoms with E-state index in [1.165, 1.54) is 0 Å². The van der Waals surface area contributed by atoms with Crippen LogP contribution in [-0.2, 0) is 16.0 Å². The van der Waals surface area contributed by atoms with Gasteiger partial charge < -0.3 is 20.4 Å². The number of aromatic nitrogens is 1. The second-order valence-electron chi connectivity index (χ2n) is 6.15. The van der Waals surface area contributed by atoms with E-state index in [9.17, 15) is 9.59 Å². The monoisotopic (exact) mass is 331 g/mol. The molecule has 1 atom stereocenters. The number of carbonyl (C=O) groups is 2. The van der Waals surface area contributed by atoms with Gasteiger partial charge in [-0.2, -0.15) is 0 Å². The second kappa shape index (κ2) is 8.38. The first-order chi connectivity index (χ1) is 11.5. The number of aromatic amines is 1. The molecule has 6 nitrogen and oxygen atoms in total. The van der Waals surface area contributed by atoms with E-state index in [0.717, 1.165) is 16.5 Å². The average molecular weight is 331 g/mol. The van der Waals surface area contributed by atoms with Crippen molar-refractivity contribution in [2.24, 2.45) is 5.92 Å². The van der Waals surface area contributed by atoms with Gasteiger partial charge in [-0.05, 0) is 24.5 Å². The number of alkyl carbamates (subject to hydrolysis) is 1. The van der Waals surface area contributed by atoms with Crippen LogP contribution < -0.4 is 10.6 Å². The largest absolute Gasteiger partial charge is 0.449 e. The third-order valence-electron chi connectivity index (χ3n) is 3.61. The van der Waals surface area contributed by atoms with E-state index in [1.54, 1.807) is 0 Å². The van der Waals surface area contributed by atoms with Crippen LogP contribution in [0.3, 0.4) is 0 Å². The molecule has 0 fully saturated rings. The molecule has 6 heteroatoms. The Morgan fingerprint density at radius 1 is 1.25 bits per heavy atom. The maximum Gasteiger partial charge on any atom is 0.407 e. The van der Waals surface area contributed by atoms with Crippen LogP contribution in [0.25, 0.3) is 10.9 Å². The summed E-state index contributed by atoms with van der Waals surface area (Å²) in [5.74, 6) is 0.0246. The van der Waals surface area contributed by atoms with Gasteiger partial charge in [-0.15, -0.1) is 0 Å². The number of H-pyrrole nitrogens is 1. The van der Waals surface area contributed by atoms with E-state index >= 15 is 0 Å². The number of rotatable bonds is 7. The van der Waals surface area contributed by atoms with Crippen molar-refractivity contribution in [2.75, 3.05) is 13.2 Å².